The highest BCUT2D eigenvalue weighted by Crippen LogP contribution is 2.30. The Labute approximate surface area is 129 Å². The molecule has 0 aromatic heterocycles. The van der Waals surface area contributed by atoms with Gasteiger partial charge in [0, 0.05) is 6.54 Å². The smallest absolute Gasteiger partial charge is 0.0236 e. The third-order valence-electron chi connectivity index (χ3n) is 5.35. The van der Waals surface area contributed by atoms with Gasteiger partial charge in [0.15, 0.2) is 0 Å². The average molecular weight is 286 g/mol. The first-order chi connectivity index (χ1) is 10.2. The Kier molecular flexibility index (Phi) is 4.97. The minimum absolute atomic E-state index is 0.768. The van der Waals surface area contributed by atoms with Crippen LogP contribution in [0, 0.1) is 12.8 Å². The first kappa shape index (κ1) is 15.1. The summed E-state index contributed by atoms with van der Waals surface area (Å²) in [6.07, 6.45) is 5.34. The number of nitrogens with one attached hydrogen (secondary N) is 1. The number of piperidine rings is 2. The average Bonchev–Trinajstić information content (AvgIpc) is 2.52. The molecule has 21 heavy (non-hydrogen) atoms. The molecule has 0 spiro atoms. The fourth-order valence-electron chi connectivity index (χ4n) is 3.83. The number of hydrogen-bond donors (Lipinski definition) is 1. The van der Waals surface area contributed by atoms with Crippen LogP contribution < -0.4 is 5.32 Å². The Morgan fingerprint density at radius 2 is 1.81 bits per heavy atom. The summed E-state index contributed by atoms with van der Waals surface area (Å²) >= 11 is 0. The summed E-state index contributed by atoms with van der Waals surface area (Å²) in [6, 6.07) is 7.15. The van der Waals surface area contributed by atoms with Gasteiger partial charge in [-0.3, -0.25) is 4.90 Å². The summed E-state index contributed by atoms with van der Waals surface area (Å²) in [5.74, 6) is 1.69. The van der Waals surface area contributed by atoms with Gasteiger partial charge in [-0.25, -0.2) is 0 Å². The van der Waals surface area contributed by atoms with E-state index in [1.807, 2.05) is 0 Å². The molecule has 2 heterocycles. The van der Waals surface area contributed by atoms with Crippen molar-refractivity contribution < 1.29 is 0 Å². The Hall–Kier alpha value is -0.860. The molecule has 0 aliphatic carbocycles. The highest BCUT2D eigenvalue weighted by Gasteiger charge is 2.21. The summed E-state index contributed by atoms with van der Waals surface area (Å²) < 4.78 is 0. The van der Waals surface area contributed by atoms with Gasteiger partial charge in [-0.2, -0.15) is 0 Å². The second-order valence-corrected chi connectivity index (χ2v) is 7.19. The topological polar surface area (TPSA) is 15.3 Å². The molecule has 2 heteroatoms. The molecule has 0 atom stereocenters. The van der Waals surface area contributed by atoms with Crippen LogP contribution in [0.25, 0.3) is 0 Å². The lowest BCUT2D eigenvalue weighted by atomic mass is 9.86. The van der Waals surface area contributed by atoms with Gasteiger partial charge >= 0.3 is 0 Å². The first-order valence-electron chi connectivity index (χ1n) is 8.75. The highest BCUT2D eigenvalue weighted by molar-refractivity contribution is 5.34. The second-order valence-electron chi connectivity index (χ2n) is 7.19. The number of nitrogens with zero attached hydrogens (tertiary/aromatic N) is 1. The van der Waals surface area contributed by atoms with Crippen molar-refractivity contribution in [1.29, 1.82) is 0 Å². The predicted molar refractivity (Wildman–Crippen MR) is 89.7 cm³/mol. The van der Waals surface area contributed by atoms with E-state index in [4.69, 9.17) is 0 Å². The second kappa shape index (κ2) is 6.93. The molecule has 0 amide bonds. The lowest BCUT2D eigenvalue weighted by Crippen LogP contribution is -2.33. The van der Waals surface area contributed by atoms with Crippen LogP contribution in [-0.4, -0.2) is 31.1 Å². The van der Waals surface area contributed by atoms with Crippen molar-refractivity contribution in [1.82, 2.24) is 10.2 Å². The molecule has 0 unspecified atom stereocenters. The predicted octanol–water partition coefficient (Wildman–Crippen LogP) is 3.69. The zero-order chi connectivity index (χ0) is 14.7. The SMILES string of the molecule is Cc1ccc(CN2CCC(C)CC2)c(C2CCNCC2)c1. The molecule has 2 aliphatic rings. The van der Waals surface area contributed by atoms with E-state index in [1.54, 1.807) is 11.1 Å². The Morgan fingerprint density at radius 1 is 1.10 bits per heavy atom. The zero-order valence-corrected chi connectivity index (χ0v) is 13.7. The van der Waals surface area contributed by atoms with E-state index in [0.29, 0.717) is 0 Å². The van der Waals surface area contributed by atoms with Gasteiger partial charge in [0.1, 0.15) is 0 Å². The molecule has 0 saturated carbocycles. The lowest BCUT2D eigenvalue weighted by molar-refractivity contribution is 0.184. The standard InChI is InChI=1S/C19H30N2/c1-15-7-11-21(12-8-15)14-18-4-3-16(2)13-19(18)17-5-9-20-10-6-17/h3-4,13,15,17,20H,5-12,14H2,1-2H3. The van der Waals surface area contributed by atoms with Crippen LogP contribution in [0.4, 0.5) is 0 Å². The molecule has 2 nitrogen and oxygen atoms in total. The van der Waals surface area contributed by atoms with E-state index in [9.17, 15) is 0 Å². The quantitative estimate of drug-likeness (QED) is 0.911. The van der Waals surface area contributed by atoms with Crippen LogP contribution in [0.3, 0.4) is 0 Å². The molecule has 2 aliphatic heterocycles. The van der Waals surface area contributed by atoms with E-state index in [0.717, 1.165) is 18.4 Å². The van der Waals surface area contributed by atoms with Gasteiger partial charge in [-0.1, -0.05) is 30.7 Å². The summed E-state index contributed by atoms with van der Waals surface area (Å²) in [5, 5.41) is 3.49. The van der Waals surface area contributed by atoms with Crippen LogP contribution in [0.1, 0.15) is 55.2 Å². The summed E-state index contributed by atoms with van der Waals surface area (Å²) in [6.45, 7) is 10.7. The summed E-state index contributed by atoms with van der Waals surface area (Å²) in [5.41, 5.74) is 4.64. The molecular weight excluding hydrogens is 256 g/mol. The molecule has 2 fully saturated rings. The first-order valence-corrected chi connectivity index (χ1v) is 8.75. The van der Waals surface area contributed by atoms with Crippen LogP contribution >= 0.6 is 0 Å². The molecule has 1 N–H and O–H groups in total. The molecule has 0 bridgehead atoms. The van der Waals surface area contributed by atoms with E-state index in [2.05, 4.69) is 42.3 Å². The van der Waals surface area contributed by atoms with Gasteiger partial charge in [-0.15, -0.1) is 0 Å². The Bertz CT molecular complexity index is 455. The molecular formula is C19H30N2. The van der Waals surface area contributed by atoms with Crippen molar-refractivity contribution >= 4 is 0 Å². The van der Waals surface area contributed by atoms with Crippen molar-refractivity contribution in [2.24, 2.45) is 5.92 Å². The fourth-order valence-corrected chi connectivity index (χ4v) is 3.83. The molecule has 0 radical (unpaired) electrons. The normalized spacial score (nSPS) is 22.6. The summed E-state index contributed by atoms with van der Waals surface area (Å²) in [7, 11) is 0. The van der Waals surface area contributed by atoms with Gasteiger partial charge in [0.2, 0.25) is 0 Å². The van der Waals surface area contributed by atoms with E-state index >= 15 is 0 Å². The van der Waals surface area contributed by atoms with Crippen LogP contribution in [0.15, 0.2) is 18.2 Å². The largest absolute Gasteiger partial charge is 0.317 e. The molecule has 1 aromatic carbocycles. The highest BCUT2D eigenvalue weighted by atomic mass is 15.1. The van der Waals surface area contributed by atoms with Crippen LogP contribution in [0.5, 0.6) is 0 Å². The van der Waals surface area contributed by atoms with Gasteiger partial charge in [0.05, 0.1) is 0 Å². The third kappa shape index (κ3) is 3.87. The van der Waals surface area contributed by atoms with Crippen molar-refractivity contribution in [3.63, 3.8) is 0 Å². The van der Waals surface area contributed by atoms with Gasteiger partial charge < -0.3 is 5.32 Å². The van der Waals surface area contributed by atoms with E-state index < -0.39 is 0 Å². The molecule has 1 aromatic rings. The minimum atomic E-state index is 0.768. The van der Waals surface area contributed by atoms with Crippen molar-refractivity contribution in [3.8, 4) is 0 Å². The van der Waals surface area contributed by atoms with Crippen molar-refractivity contribution in [2.45, 2.75) is 52.0 Å². The van der Waals surface area contributed by atoms with Gasteiger partial charge in [-0.05, 0) is 81.7 Å². The van der Waals surface area contributed by atoms with Crippen molar-refractivity contribution in [2.75, 3.05) is 26.2 Å². The number of aryl methyl sites for hydroxylation is 1. The van der Waals surface area contributed by atoms with Gasteiger partial charge in [0.25, 0.3) is 0 Å². The number of rotatable bonds is 3. The molecule has 2 saturated heterocycles. The molecule has 3 rings (SSSR count). The molecule has 116 valence electrons. The monoisotopic (exact) mass is 286 g/mol. The fraction of sp³-hybridized carbons (Fsp3) is 0.684. The van der Waals surface area contributed by atoms with E-state index in [-0.39, 0.29) is 0 Å². The summed E-state index contributed by atoms with van der Waals surface area (Å²) in [4.78, 5) is 2.66. The minimum Gasteiger partial charge on any atom is -0.317 e. The maximum Gasteiger partial charge on any atom is 0.0236 e. The maximum atomic E-state index is 3.49. The van der Waals surface area contributed by atoms with Crippen molar-refractivity contribution in [3.05, 3.63) is 34.9 Å². The number of likely N-dealkylation sites (tertiary alicyclic amines) is 1. The van der Waals surface area contributed by atoms with E-state index in [1.165, 1.54) is 57.4 Å². The zero-order valence-electron chi connectivity index (χ0n) is 13.7. The van der Waals surface area contributed by atoms with Crippen LogP contribution in [0.2, 0.25) is 0 Å². The Morgan fingerprint density at radius 3 is 2.52 bits per heavy atom. The number of benzene rings is 1. The maximum absolute atomic E-state index is 3.49. The third-order valence-corrected chi connectivity index (χ3v) is 5.35. The lowest BCUT2D eigenvalue weighted by Gasteiger charge is -2.32. The van der Waals surface area contributed by atoms with Crippen LogP contribution in [-0.2, 0) is 6.54 Å². The number of hydrogen-bond acceptors (Lipinski definition) is 2. The Balaban J connectivity index is 1.74.